The second kappa shape index (κ2) is 9.26. The summed E-state index contributed by atoms with van der Waals surface area (Å²) in [5, 5.41) is 9.38. The number of rotatable bonds is 9. The van der Waals surface area contributed by atoms with E-state index in [0.717, 1.165) is 0 Å². The number of aliphatic imine (C=N–C) groups is 1. The van der Waals surface area contributed by atoms with Gasteiger partial charge in [0, 0.05) is 33.5 Å². The number of aromatic nitrogens is 2. The van der Waals surface area contributed by atoms with Crippen LogP contribution in [0.15, 0.2) is 26.8 Å². The summed E-state index contributed by atoms with van der Waals surface area (Å²) in [4.78, 5) is 29.4. The Morgan fingerprint density at radius 1 is 1.41 bits per heavy atom. The summed E-state index contributed by atoms with van der Waals surface area (Å²) in [6, 6.07) is 1.20. The maximum atomic E-state index is 12.0. The van der Waals surface area contributed by atoms with Crippen molar-refractivity contribution in [3.05, 3.63) is 33.1 Å². The molecule has 1 aromatic heterocycles. The van der Waals surface area contributed by atoms with E-state index in [1.165, 1.54) is 38.1 Å². The summed E-state index contributed by atoms with van der Waals surface area (Å²) in [6.45, 7) is 0.168. The van der Waals surface area contributed by atoms with Gasteiger partial charge in [-0.3, -0.25) is 19.3 Å². The summed E-state index contributed by atoms with van der Waals surface area (Å²) < 4.78 is 16.8. The molecule has 0 aromatic carbocycles. The standard InChI is InChI=1S/C13H21N3O6/c1-14-11(9(8-17)21-3)12(22-7-6-20-2)16-5-4-10(18)15-13(16)19/h4-5,9,12,17H,6-8H2,1-3H3,(H,15,18,19)/t9-,12-/m1/s1. The third-order valence-corrected chi connectivity index (χ3v) is 2.96. The van der Waals surface area contributed by atoms with Crippen LogP contribution in [0.2, 0.25) is 0 Å². The van der Waals surface area contributed by atoms with E-state index in [4.69, 9.17) is 14.2 Å². The van der Waals surface area contributed by atoms with Crippen LogP contribution >= 0.6 is 0 Å². The predicted molar refractivity (Wildman–Crippen MR) is 79.4 cm³/mol. The van der Waals surface area contributed by atoms with Crippen LogP contribution in [0.5, 0.6) is 0 Å². The van der Waals surface area contributed by atoms with Crippen molar-refractivity contribution in [2.75, 3.05) is 41.1 Å². The van der Waals surface area contributed by atoms with Gasteiger partial charge in [0.1, 0.15) is 6.10 Å². The van der Waals surface area contributed by atoms with Gasteiger partial charge in [0.15, 0.2) is 6.23 Å². The molecule has 0 fully saturated rings. The highest BCUT2D eigenvalue weighted by molar-refractivity contribution is 5.91. The van der Waals surface area contributed by atoms with E-state index < -0.39 is 23.6 Å². The number of methoxy groups -OCH3 is 2. The first-order valence-electron chi connectivity index (χ1n) is 6.61. The molecule has 0 aliphatic heterocycles. The fraction of sp³-hybridized carbons (Fsp3) is 0.615. The van der Waals surface area contributed by atoms with Crippen molar-refractivity contribution >= 4 is 5.71 Å². The molecule has 124 valence electrons. The van der Waals surface area contributed by atoms with E-state index in [-0.39, 0.29) is 13.2 Å². The van der Waals surface area contributed by atoms with Crippen molar-refractivity contribution in [1.29, 1.82) is 0 Å². The number of aliphatic hydroxyl groups excluding tert-OH is 1. The second-order valence-electron chi connectivity index (χ2n) is 4.29. The maximum Gasteiger partial charge on any atom is 0.330 e. The van der Waals surface area contributed by atoms with Crippen LogP contribution in [-0.4, -0.2) is 67.6 Å². The Bertz CT molecular complexity index is 590. The molecular weight excluding hydrogens is 294 g/mol. The number of aliphatic hydroxyl groups is 1. The topological polar surface area (TPSA) is 115 Å². The number of nitrogens with one attached hydrogen (secondary N) is 1. The number of H-pyrrole nitrogens is 1. The third-order valence-electron chi connectivity index (χ3n) is 2.96. The van der Waals surface area contributed by atoms with Crippen LogP contribution in [0.3, 0.4) is 0 Å². The molecule has 0 spiro atoms. The summed E-state index contributed by atoms with van der Waals surface area (Å²) in [6.07, 6.45) is -0.369. The minimum atomic E-state index is -0.929. The number of aromatic amines is 1. The van der Waals surface area contributed by atoms with Gasteiger partial charge < -0.3 is 19.3 Å². The number of hydrogen-bond acceptors (Lipinski definition) is 7. The summed E-state index contributed by atoms with van der Waals surface area (Å²) in [5.74, 6) is 0. The number of nitrogens with zero attached hydrogens (tertiary/aromatic N) is 2. The molecule has 0 saturated carbocycles. The van der Waals surface area contributed by atoms with Crippen molar-refractivity contribution in [2.45, 2.75) is 12.3 Å². The van der Waals surface area contributed by atoms with Gasteiger partial charge in [-0.05, 0) is 0 Å². The molecule has 0 radical (unpaired) electrons. The minimum absolute atomic E-state index is 0.188. The lowest BCUT2D eigenvalue weighted by atomic mass is 10.2. The first kappa shape index (κ1) is 18.2. The normalized spacial score (nSPS) is 14.8. The molecule has 0 aliphatic carbocycles. The quantitative estimate of drug-likeness (QED) is 0.436. The van der Waals surface area contributed by atoms with Crippen LogP contribution < -0.4 is 11.2 Å². The Labute approximate surface area is 127 Å². The highest BCUT2D eigenvalue weighted by Gasteiger charge is 2.27. The Hall–Kier alpha value is -1.81. The second-order valence-corrected chi connectivity index (χ2v) is 4.29. The molecule has 0 unspecified atom stereocenters. The van der Waals surface area contributed by atoms with Gasteiger partial charge in [-0.1, -0.05) is 0 Å². The van der Waals surface area contributed by atoms with E-state index in [1.807, 2.05) is 0 Å². The van der Waals surface area contributed by atoms with Crippen LogP contribution in [0.1, 0.15) is 6.23 Å². The molecule has 0 bridgehead atoms. The van der Waals surface area contributed by atoms with Gasteiger partial charge in [0.25, 0.3) is 5.56 Å². The highest BCUT2D eigenvalue weighted by atomic mass is 16.5. The van der Waals surface area contributed by atoms with E-state index in [0.29, 0.717) is 12.3 Å². The fourth-order valence-corrected chi connectivity index (χ4v) is 1.87. The highest BCUT2D eigenvalue weighted by Crippen LogP contribution is 2.13. The van der Waals surface area contributed by atoms with Gasteiger partial charge in [-0.25, -0.2) is 4.79 Å². The molecular formula is C13H21N3O6. The fourth-order valence-electron chi connectivity index (χ4n) is 1.87. The van der Waals surface area contributed by atoms with Crippen molar-refractivity contribution in [3.63, 3.8) is 0 Å². The number of hydrogen-bond donors (Lipinski definition) is 2. The smallest absolute Gasteiger partial charge is 0.330 e. The molecule has 1 heterocycles. The van der Waals surface area contributed by atoms with Gasteiger partial charge in [-0.15, -0.1) is 0 Å². The Morgan fingerprint density at radius 2 is 2.14 bits per heavy atom. The van der Waals surface area contributed by atoms with E-state index in [9.17, 15) is 14.7 Å². The molecule has 22 heavy (non-hydrogen) atoms. The van der Waals surface area contributed by atoms with E-state index >= 15 is 0 Å². The SMILES string of the molecule is CN=C([C@@H](OCCOC)n1ccc(=O)[nH]c1=O)[C@@H](CO)OC. The van der Waals surface area contributed by atoms with Crippen LogP contribution in [0.25, 0.3) is 0 Å². The van der Waals surface area contributed by atoms with Crippen LogP contribution in [0.4, 0.5) is 0 Å². The van der Waals surface area contributed by atoms with Crippen molar-refractivity contribution in [3.8, 4) is 0 Å². The van der Waals surface area contributed by atoms with Crippen molar-refractivity contribution < 1.29 is 19.3 Å². The summed E-state index contributed by atoms with van der Waals surface area (Å²) in [5.41, 5.74) is -0.851. The molecule has 2 N–H and O–H groups in total. The molecule has 0 saturated heterocycles. The van der Waals surface area contributed by atoms with Crippen LogP contribution in [-0.2, 0) is 14.2 Å². The lowest BCUT2D eigenvalue weighted by Gasteiger charge is -2.25. The molecule has 9 nitrogen and oxygen atoms in total. The summed E-state index contributed by atoms with van der Waals surface area (Å²) in [7, 11) is 4.43. The van der Waals surface area contributed by atoms with Gasteiger partial charge in [0.2, 0.25) is 0 Å². The zero-order chi connectivity index (χ0) is 16.5. The molecule has 2 atom stereocenters. The molecule has 1 rings (SSSR count). The Balaban J connectivity index is 3.21. The average Bonchev–Trinajstić information content (AvgIpc) is 2.51. The number of ether oxygens (including phenoxy) is 3. The lowest BCUT2D eigenvalue weighted by molar-refractivity contribution is 0.00228. The Morgan fingerprint density at radius 3 is 2.64 bits per heavy atom. The van der Waals surface area contributed by atoms with Gasteiger partial charge in [0.05, 0.1) is 25.5 Å². The zero-order valence-corrected chi connectivity index (χ0v) is 12.8. The molecule has 0 aliphatic rings. The average molecular weight is 315 g/mol. The molecule has 9 heteroatoms. The first-order valence-corrected chi connectivity index (χ1v) is 6.61. The maximum absolute atomic E-state index is 12.0. The van der Waals surface area contributed by atoms with Gasteiger partial charge in [-0.2, -0.15) is 0 Å². The largest absolute Gasteiger partial charge is 0.393 e. The van der Waals surface area contributed by atoms with E-state index in [1.54, 1.807) is 0 Å². The van der Waals surface area contributed by atoms with Crippen molar-refractivity contribution in [2.24, 2.45) is 4.99 Å². The van der Waals surface area contributed by atoms with Gasteiger partial charge >= 0.3 is 5.69 Å². The summed E-state index contributed by atoms with van der Waals surface area (Å²) >= 11 is 0. The monoisotopic (exact) mass is 315 g/mol. The van der Waals surface area contributed by atoms with Crippen molar-refractivity contribution in [1.82, 2.24) is 9.55 Å². The Kier molecular flexibility index (Phi) is 7.67. The first-order chi connectivity index (χ1) is 10.6. The van der Waals surface area contributed by atoms with Crippen LogP contribution in [0, 0.1) is 0 Å². The molecule has 0 amide bonds. The zero-order valence-electron chi connectivity index (χ0n) is 12.8. The molecule has 1 aromatic rings. The third kappa shape index (κ3) is 4.60. The predicted octanol–water partition coefficient (Wildman–Crippen LogP) is -1.22. The van der Waals surface area contributed by atoms with E-state index in [2.05, 4.69) is 9.98 Å². The minimum Gasteiger partial charge on any atom is -0.393 e. The lowest BCUT2D eigenvalue weighted by Crippen LogP contribution is -2.42.